The Hall–Kier alpha value is -0.640. The molecule has 0 unspecified atom stereocenters. The van der Waals surface area contributed by atoms with Gasteiger partial charge in [0, 0.05) is 6.20 Å². The molecular weight excluding hydrogens is 206 g/mol. The predicted octanol–water partition coefficient (Wildman–Crippen LogP) is 2.16. The van der Waals surface area contributed by atoms with Crippen molar-refractivity contribution in [1.29, 1.82) is 0 Å². The van der Waals surface area contributed by atoms with Gasteiger partial charge in [-0.1, -0.05) is 13.8 Å². The van der Waals surface area contributed by atoms with Gasteiger partial charge in [-0.05, 0) is 22.9 Å². The minimum absolute atomic E-state index is 0.440. The molecule has 0 amide bonds. The van der Waals surface area contributed by atoms with Crippen molar-refractivity contribution < 1.29 is 0 Å². The van der Waals surface area contributed by atoms with Crippen LogP contribution in [0.3, 0.4) is 0 Å². The van der Waals surface area contributed by atoms with Gasteiger partial charge in [0.1, 0.15) is 4.60 Å². The normalized spacial score (nSPS) is 8.36. The molecular formula is C7H12BrN3. The van der Waals surface area contributed by atoms with E-state index >= 15 is 0 Å². The summed E-state index contributed by atoms with van der Waals surface area (Å²) in [5.74, 6) is 0.440. The predicted molar refractivity (Wildman–Crippen MR) is 50.2 cm³/mol. The van der Waals surface area contributed by atoms with Crippen molar-refractivity contribution in [2.24, 2.45) is 0 Å². The molecule has 4 heteroatoms. The van der Waals surface area contributed by atoms with Crippen LogP contribution < -0.4 is 5.73 Å². The molecule has 0 aromatic carbocycles. The van der Waals surface area contributed by atoms with Crippen LogP contribution in [0.25, 0.3) is 0 Å². The molecule has 1 rings (SSSR count). The number of anilines is 1. The van der Waals surface area contributed by atoms with E-state index in [0.717, 1.165) is 5.69 Å². The van der Waals surface area contributed by atoms with Crippen LogP contribution in [0.5, 0.6) is 0 Å². The van der Waals surface area contributed by atoms with Crippen LogP contribution in [0.15, 0.2) is 10.8 Å². The van der Waals surface area contributed by atoms with Gasteiger partial charge < -0.3 is 5.73 Å². The average Bonchev–Trinajstić information content (AvgIpc) is 2.02. The van der Waals surface area contributed by atoms with Gasteiger partial charge in [-0.15, -0.1) is 0 Å². The zero-order valence-electron chi connectivity index (χ0n) is 6.93. The second-order valence-corrected chi connectivity index (χ2v) is 2.44. The van der Waals surface area contributed by atoms with Gasteiger partial charge in [-0.3, -0.25) is 0 Å². The summed E-state index contributed by atoms with van der Waals surface area (Å²) in [5.41, 5.74) is 6.23. The van der Waals surface area contributed by atoms with Crippen molar-refractivity contribution in [1.82, 2.24) is 9.97 Å². The zero-order valence-corrected chi connectivity index (χ0v) is 8.51. The number of nitrogens with zero attached hydrogens (tertiary/aromatic N) is 2. The van der Waals surface area contributed by atoms with Gasteiger partial charge in [0.2, 0.25) is 0 Å². The van der Waals surface area contributed by atoms with Gasteiger partial charge >= 0.3 is 0 Å². The van der Waals surface area contributed by atoms with E-state index in [9.17, 15) is 0 Å². The first-order chi connectivity index (χ1) is 5.20. The lowest BCUT2D eigenvalue weighted by atomic mass is 10.5. The van der Waals surface area contributed by atoms with Crippen LogP contribution in [-0.4, -0.2) is 9.97 Å². The van der Waals surface area contributed by atoms with Gasteiger partial charge in [0.25, 0.3) is 0 Å². The largest absolute Gasteiger partial charge is 0.381 e. The van der Waals surface area contributed by atoms with Crippen molar-refractivity contribution in [3.8, 4) is 0 Å². The van der Waals surface area contributed by atoms with Crippen LogP contribution in [0.1, 0.15) is 19.5 Å². The molecule has 0 saturated carbocycles. The summed E-state index contributed by atoms with van der Waals surface area (Å²) in [6.07, 6.45) is 1.65. The van der Waals surface area contributed by atoms with E-state index in [1.165, 1.54) is 0 Å². The summed E-state index contributed by atoms with van der Waals surface area (Å²) < 4.78 is 0.605. The SMILES string of the molecule is CC.Cc1cnc(Br)c(N)n1. The van der Waals surface area contributed by atoms with Crippen LogP contribution in [0.2, 0.25) is 0 Å². The van der Waals surface area contributed by atoms with Gasteiger partial charge in [-0.25, -0.2) is 9.97 Å². The van der Waals surface area contributed by atoms with Crippen molar-refractivity contribution in [3.63, 3.8) is 0 Å². The summed E-state index contributed by atoms with van der Waals surface area (Å²) in [6.45, 7) is 5.84. The number of nitrogen functional groups attached to an aromatic ring is 1. The van der Waals surface area contributed by atoms with Crippen molar-refractivity contribution in [3.05, 3.63) is 16.5 Å². The maximum absolute atomic E-state index is 5.40. The fraction of sp³-hybridized carbons (Fsp3) is 0.429. The number of halogens is 1. The first-order valence-electron chi connectivity index (χ1n) is 3.45. The standard InChI is InChI=1S/C5H6BrN3.C2H6/c1-3-2-8-4(6)5(7)9-3;1-2/h2H,1H3,(H2,7,9);1-2H3. The molecule has 1 aromatic rings. The van der Waals surface area contributed by atoms with E-state index in [0.29, 0.717) is 10.4 Å². The number of hydrogen-bond acceptors (Lipinski definition) is 3. The van der Waals surface area contributed by atoms with Crippen LogP contribution in [0.4, 0.5) is 5.82 Å². The molecule has 0 bridgehead atoms. The Morgan fingerprint density at radius 1 is 1.45 bits per heavy atom. The summed E-state index contributed by atoms with van der Waals surface area (Å²) in [5, 5.41) is 0. The molecule has 0 saturated heterocycles. The number of aryl methyl sites for hydroxylation is 1. The molecule has 0 aliphatic carbocycles. The quantitative estimate of drug-likeness (QED) is 0.725. The number of rotatable bonds is 0. The highest BCUT2D eigenvalue weighted by Gasteiger charge is 1.95. The van der Waals surface area contributed by atoms with Gasteiger partial charge in [0.05, 0.1) is 5.69 Å². The highest BCUT2D eigenvalue weighted by Crippen LogP contribution is 2.11. The molecule has 3 nitrogen and oxygen atoms in total. The zero-order chi connectivity index (χ0) is 8.85. The van der Waals surface area contributed by atoms with E-state index in [2.05, 4.69) is 25.9 Å². The van der Waals surface area contributed by atoms with Crippen LogP contribution in [0, 0.1) is 6.92 Å². The van der Waals surface area contributed by atoms with Crippen LogP contribution >= 0.6 is 15.9 Å². The summed E-state index contributed by atoms with van der Waals surface area (Å²) >= 11 is 3.13. The lowest BCUT2D eigenvalue weighted by Gasteiger charge is -1.94. The third-order valence-corrected chi connectivity index (χ3v) is 1.48. The van der Waals surface area contributed by atoms with Crippen molar-refractivity contribution in [2.45, 2.75) is 20.8 Å². The molecule has 0 atom stereocenters. The Bertz CT molecular complexity index is 225. The molecule has 62 valence electrons. The van der Waals surface area contributed by atoms with E-state index < -0.39 is 0 Å². The Labute approximate surface area is 75.2 Å². The van der Waals surface area contributed by atoms with Gasteiger partial charge in [0.15, 0.2) is 5.82 Å². The van der Waals surface area contributed by atoms with E-state index in [1.54, 1.807) is 6.20 Å². The highest BCUT2D eigenvalue weighted by atomic mass is 79.9. The average molecular weight is 218 g/mol. The molecule has 1 heterocycles. The number of hydrogen-bond donors (Lipinski definition) is 1. The third-order valence-electron chi connectivity index (χ3n) is 0.873. The lowest BCUT2D eigenvalue weighted by molar-refractivity contribution is 1.10. The second kappa shape index (κ2) is 5.07. The number of aromatic nitrogens is 2. The second-order valence-electron chi connectivity index (χ2n) is 1.69. The monoisotopic (exact) mass is 217 g/mol. The molecule has 0 aliphatic rings. The maximum atomic E-state index is 5.40. The minimum atomic E-state index is 0.440. The summed E-state index contributed by atoms with van der Waals surface area (Å²) in [6, 6.07) is 0. The summed E-state index contributed by atoms with van der Waals surface area (Å²) in [7, 11) is 0. The smallest absolute Gasteiger partial charge is 0.156 e. The molecule has 1 aromatic heterocycles. The topological polar surface area (TPSA) is 51.8 Å². The fourth-order valence-electron chi connectivity index (χ4n) is 0.481. The Balaban J connectivity index is 0.000000461. The molecule has 0 radical (unpaired) electrons. The third kappa shape index (κ3) is 3.32. The first kappa shape index (κ1) is 10.4. The Morgan fingerprint density at radius 2 is 2.00 bits per heavy atom. The van der Waals surface area contributed by atoms with Crippen molar-refractivity contribution >= 4 is 21.7 Å². The minimum Gasteiger partial charge on any atom is -0.381 e. The van der Waals surface area contributed by atoms with Crippen molar-refractivity contribution in [2.75, 3.05) is 5.73 Å². The highest BCUT2D eigenvalue weighted by molar-refractivity contribution is 9.10. The fourth-order valence-corrected chi connectivity index (χ4v) is 0.672. The lowest BCUT2D eigenvalue weighted by Crippen LogP contribution is -1.94. The molecule has 0 aliphatic heterocycles. The number of nitrogens with two attached hydrogens (primary N) is 1. The Kier molecular flexibility index (Phi) is 4.77. The summed E-state index contributed by atoms with van der Waals surface area (Å²) in [4.78, 5) is 7.85. The Morgan fingerprint density at radius 3 is 2.36 bits per heavy atom. The van der Waals surface area contributed by atoms with E-state index in [4.69, 9.17) is 5.73 Å². The molecule has 2 N–H and O–H groups in total. The van der Waals surface area contributed by atoms with Gasteiger partial charge in [-0.2, -0.15) is 0 Å². The molecule has 11 heavy (non-hydrogen) atoms. The van der Waals surface area contributed by atoms with Crippen LogP contribution in [-0.2, 0) is 0 Å². The molecule has 0 fully saturated rings. The van der Waals surface area contributed by atoms with E-state index in [-0.39, 0.29) is 0 Å². The maximum Gasteiger partial charge on any atom is 0.156 e. The molecule has 0 spiro atoms. The first-order valence-corrected chi connectivity index (χ1v) is 4.24. The van der Waals surface area contributed by atoms with E-state index in [1.807, 2.05) is 20.8 Å².